The molecule has 0 amide bonds. The van der Waals surface area contributed by atoms with Gasteiger partial charge in [0.25, 0.3) is 0 Å². The monoisotopic (exact) mass is 261 g/mol. The van der Waals surface area contributed by atoms with E-state index in [4.69, 9.17) is 10.1 Å². The summed E-state index contributed by atoms with van der Waals surface area (Å²) in [5.41, 5.74) is 2.24. The molecule has 6 nitrogen and oxygen atoms in total. The van der Waals surface area contributed by atoms with E-state index in [1.54, 1.807) is 0 Å². The summed E-state index contributed by atoms with van der Waals surface area (Å²) in [6.07, 6.45) is 3.28. The molecule has 3 N–H and O–H groups in total. The van der Waals surface area contributed by atoms with Gasteiger partial charge in [-0.3, -0.25) is 15.5 Å². The van der Waals surface area contributed by atoms with E-state index in [0.717, 1.165) is 23.9 Å². The average Bonchev–Trinajstić information content (AvgIpc) is 2.82. The van der Waals surface area contributed by atoms with Crippen LogP contribution in [0.3, 0.4) is 0 Å². The Bertz CT molecular complexity index is 624. The second-order valence-electron chi connectivity index (χ2n) is 4.22. The highest BCUT2D eigenvalue weighted by Crippen LogP contribution is 2.22. The van der Waals surface area contributed by atoms with Crippen LogP contribution >= 0.6 is 0 Å². The van der Waals surface area contributed by atoms with Crippen LogP contribution in [0.25, 0.3) is 0 Å². The van der Waals surface area contributed by atoms with Crippen LogP contribution in [0.2, 0.25) is 0 Å². The van der Waals surface area contributed by atoms with Gasteiger partial charge in [0.15, 0.2) is 0 Å². The molecule has 2 aromatic heterocycles. The molecule has 0 unspecified atom stereocenters. The minimum atomic E-state index is -0.473. The second-order valence-corrected chi connectivity index (χ2v) is 4.22. The lowest BCUT2D eigenvalue weighted by molar-refractivity contribution is 0.110. The van der Waals surface area contributed by atoms with Gasteiger partial charge in [-0.25, -0.2) is 4.39 Å². The molecule has 0 radical (unpaired) electrons. The van der Waals surface area contributed by atoms with Gasteiger partial charge < -0.3 is 10.1 Å². The highest BCUT2D eigenvalue weighted by Gasteiger charge is 2.18. The predicted molar refractivity (Wildman–Crippen MR) is 66.6 cm³/mol. The molecule has 1 aliphatic heterocycles. The number of fused-ring (bicyclic) bond motifs is 1. The fourth-order valence-electron chi connectivity index (χ4n) is 1.96. The number of rotatable bonds is 2. The molecular weight excluding hydrogens is 249 g/mol. The number of pyridine rings is 1. The summed E-state index contributed by atoms with van der Waals surface area (Å²) < 4.78 is 18.4. The molecule has 0 spiro atoms. The summed E-state index contributed by atoms with van der Waals surface area (Å²) in [5, 5.41) is 17.8. The maximum Gasteiger partial charge on any atom is 0.142 e. The minimum Gasteiger partial charge on any atom is -0.376 e. The van der Waals surface area contributed by atoms with E-state index in [0.29, 0.717) is 24.6 Å². The molecular formula is C12H12FN5O. The zero-order valence-electron chi connectivity index (χ0n) is 10.0. The largest absolute Gasteiger partial charge is 0.376 e. The van der Waals surface area contributed by atoms with E-state index in [1.165, 1.54) is 12.3 Å². The summed E-state index contributed by atoms with van der Waals surface area (Å²) in [5.74, 6) is 0.201. The van der Waals surface area contributed by atoms with Gasteiger partial charge in [0, 0.05) is 23.7 Å². The van der Waals surface area contributed by atoms with Crippen molar-refractivity contribution in [3.05, 3.63) is 41.1 Å². The maximum absolute atomic E-state index is 13.1. The zero-order valence-corrected chi connectivity index (χ0v) is 10.0. The van der Waals surface area contributed by atoms with Gasteiger partial charge in [-0.05, 0) is 6.07 Å². The van der Waals surface area contributed by atoms with Crippen molar-refractivity contribution in [3.63, 3.8) is 0 Å². The Morgan fingerprint density at radius 3 is 3.21 bits per heavy atom. The predicted octanol–water partition coefficient (Wildman–Crippen LogP) is 1.45. The van der Waals surface area contributed by atoms with Crippen LogP contribution < -0.4 is 5.32 Å². The number of aromatic nitrogens is 3. The van der Waals surface area contributed by atoms with E-state index in [9.17, 15) is 4.39 Å². The van der Waals surface area contributed by atoms with Crippen molar-refractivity contribution >= 4 is 11.7 Å². The molecule has 0 aromatic carbocycles. The number of nitrogens with zero attached hydrogens (tertiary/aromatic N) is 2. The third-order valence-electron chi connectivity index (χ3n) is 2.93. The normalized spacial score (nSPS) is 13.9. The molecule has 0 aliphatic carbocycles. The first kappa shape index (κ1) is 11.8. The maximum atomic E-state index is 13.1. The van der Waals surface area contributed by atoms with Crippen LogP contribution in [0.1, 0.15) is 16.8 Å². The van der Waals surface area contributed by atoms with Crippen molar-refractivity contribution in [2.45, 2.75) is 13.0 Å². The molecule has 1 aliphatic rings. The van der Waals surface area contributed by atoms with Crippen LogP contribution in [0, 0.1) is 11.2 Å². The minimum absolute atomic E-state index is 0.0593. The van der Waals surface area contributed by atoms with E-state index < -0.39 is 5.82 Å². The number of nitrogens with one attached hydrogen (secondary N) is 3. The molecule has 98 valence electrons. The van der Waals surface area contributed by atoms with Crippen LogP contribution in [0.4, 0.5) is 10.2 Å². The Balaban J connectivity index is 1.82. The van der Waals surface area contributed by atoms with Gasteiger partial charge in [0.1, 0.15) is 17.5 Å². The number of H-pyrrole nitrogens is 1. The van der Waals surface area contributed by atoms with E-state index in [1.807, 2.05) is 0 Å². The van der Waals surface area contributed by atoms with Crippen LogP contribution in [-0.2, 0) is 17.8 Å². The van der Waals surface area contributed by atoms with Gasteiger partial charge in [-0.2, -0.15) is 5.10 Å². The fraction of sp³-hybridized carbons (Fsp3) is 0.250. The van der Waals surface area contributed by atoms with Crippen molar-refractivity contribution in [2.75, 3.05) is 11.9 Å². The van der Waals surface area contributed by atoms with Crippen LogP contribution in [0.5, 0.6) is 0 Å². The zero-order chi connectivity index (χ0) is 13.2. The van der Waals surface area contributed by atoms with Gasteiger partial charge in [-0.15, -0.1) is 0 Å². The smallest absolute Gasteiger partial charge is 0.142 e. The summed E-state index contributed by atoms with van der Waals surface area (Å²) >= 11 is 0. The molecule has 0 atom stereocenters. The van der Waals surface area contributed by atoms with Gasteiger partial charge >= 0.3 is 0 Å². The van der Waals surface area contributed by atoms with Gasteiger partial charge in [0.2, 0.25) is 0 Å². The summed E-state index contributed by atoms with van der Waals surface area (Å²) in [7, 11) is 0. The molecule has 0 saturated carbocycles. The lowest BCUT2D eigenvalue weighted by atomic mass is 10.1. The molecule has 0 saturated heterocycles. The molecule has 3 rings (SSSR count). The van der Waals surface area contributed by atoms with Crippen molar-refractivity contribution in [2.24, 2.45) is 0 Å². The third-order valence-corrected chi connectivity index (χ3v) is 2.93. The van der Waals surface area contributed by atoms with E-state index in [-0.39, 0.29) is 5.84 Å². The van der Waals surface area contributed by atoms with E-state index in [2.05, 4.69) is 20.5 Å². The molecule has 7 heteroatoms. The third kappa shape index (κ3) is 2.32. The number of halogens is 1. The molecule has 3 heterocycles. The number of hydrogen-bond donors (Lipinski definition) is 3. The quantitative estimate of drug-likeness (QED) is 0.564. The van der Waals surface area contributed by atoms with Gasteiger partial charge in [-0.1, -0.05) is 0 Å². The Morgan fingerprint density at radius 2 is 2.37 bits per heavy atom. The number of ether oxygens (including phenoxy) is 1. The van der Waals surface area contributed by atoms with E-state index >= 15 is 0 Å². The lowest BCUT2D eigenvalue weighted by Gasteiger charge is -2.13. The number of anilines is 1. The topological polar surface area (TPSA) is 86.7 Å². The summed E-state index contributed by atoms with van der Waals surface area (Å²) in [6, 6.07) is 1.25. The second kappa shape index (κ2) is 4.77. The first-order valence-corrected chi connectivity index (χ1v) is 5.84. The molecule has 19 heavy (non-hydrogen) atoms. The molecule has 0 fully saturated rings. The highest BCUT2D eigenvalue weighted by molar-refractivity contribution is 6.05. The highest BCUT2D eigenvalue weighted by atomic mass is 19.1. The SMILES string of the molecule is N=C(Nc1[nH]nc2c1COCC2)c1cncc(F)c1. The number of amidine groups is 1. The Labute approximate surface area is 108 Å². The Morgan fingerprint density at radius 1 is 1.47 bits per heavy atom. The summed E-state index contributed by atoms with van der Waals surface area (Å²) in [6.45, 7) is 1.12. The summed E-state index contributed by atoms with van der Waals surface area (Å²) in [4.78, 5) is 3.72. The fourth-order valence-corrected chi connectivity index (χ4v) is 1.96. The van der Waals surface area contributed by atoms with Gasteiger partial charge in [0.05, 0.1) is 25.1 Å². The van der Waals surface area contributed by atoms with Crippen LogP contribution in [0.15, 0.2) is 18.5 Å². The first-order chi connectivity index (χ1) is 9.24. The molecule has 2 aromatic rings. The molecule has 0 bridgehead atoms. The van der Waals surface area contributed by atoms with Crippen molar-refractivity contribution in [1.29, 1.82) is 5.41 Å². The standard InChI is InChI=1S/C12H12FN5O/c13-8-3-7(4-15-5-8)11(14)16-12-9-6-19-2-1-10(9)17-18-12/h3-5H,1-2,6H2,(H3,14,16,17,18). The van der Waals surface area contributed by atoms with Crippen LogP contribution in [-0.4, -0.2) is 27.6 Å². The first-order valence-electron chi connectivity index (χ1n) is 5.84. The van der Waals surface area contributed by atoms with Crippen molar-refractivity contribution < 1.29 is 9.13 Å². The lowest BCUT2D eigenvalue weighted by Crippen LogP contribution is -2.16. The van der Waals surface area contributed by atoms with Crippen molar-refractivity contribution in [3.8, 4) is 0 Å². The Kier molecular flexibility index (Phi) is 2.96. The van der Waals surface area contributed by atoms with Crippen molar-refractivity contribution in [1.82, 2.24) is 15.2 Å². The Hall–Kier alpha value is -2.28. The number of aromatic amines is 1. The number of hydrogen-bond acceptors (Lipinski definition) is 4. The average molecular weight is 261 g/mol.